The van der Waals surface area contributed by atoms with Crippen molar-refractivity contribution in [3.63, 3.8) is 0 Å². The van der Waals surface area contributed by atoms with Gasteiger partial charge in [0.25, 0.3) is 0 Å². The minimum absolute atomic E-state index is 0.402. The molecule has 0 aliphatic rings. The van der Waals surface area contributed by atoms with Crippen LogP contribution in [-0.2, 0) is 6.42 Å². The topological polar surface area (TPSA) is 24.9 Å². The summed E-state index contributed by atoms with van der Waals surface area (Å²) in [6.07, 6.45) is 2.93. The number of rotatable bonds is 6. The van der Waals surface area contributed by atoms with Crippen LogP contribution in [0.25, 0.3) is 0 Å². The summed E-state index contributed by atoms with van der Waals surface area (Å²) in [6, 6.07) is 8.10. The van der Waals surface area contributed by atoms with E-state index in [2.05, 4.69) is 23.3 Å². The summed E-state index contributed by atoms with van der Waals surface area (Å²) in [4.78, 5) is 5.44. The van der Waals surface area contributed by atoms with Crippen LogP contribution in [-0.4, -0.2) is 18.1 Å². The first-order chi connectivity index (χ1) is 8.81. The predicted octanol–water partition coefficient (Wildman–Crippen LogP) is 3.73. The molecule has 2 aromatic rings. The van der Waals surface area contributed by atoms with Gasteiger partial charge in [0.2, 0.25) is 0 Å². The van der Waals surface area contributed by atoms with E-state index in [1.54, 1.807) is 11.3 Å². The quantitative estimate of drug-likeness (QED) is 0.872. The van der Waals surface area contributed by atoms with Gasteiger partial charge in [0.15, 0.2) is 0 Å². The van der Waals surface area contributed by atoms with Gasteiger partial charge >= 0.3 is 0 Å². The summed E-state index contributed by atoms with van der Waals surface area (Å²) in [5.41, 5.74) is 3.10. The second-order valence-corrected chi connectivity index (χ2v) is 5.58. The zero-order valence-corrected chi connectivity index (χ0v) is 12.0. The van der Waals surface area contributed by atoms with Gasteiger partial charge in [0, 0.05) is 28.6 Å². The summed E-state index contributed by atoms with van der Waals surface area (Å²) in [5.74, 6) is 0.402. The fraction of sp³-hybridized carbons (Fsp3) is 0.357. The number of halogens is 1. The van der Waals surface area contributed by atoms with Crippen LogP contribution in [0.1, 0.15) is 23.3 Å². The van der Waals surface area contributed by atoms with Gasteiger partial charge in [-0.3, -0.25) is 4.98 Å². The largest absolute Gasteiger partial charge is 0.316 e. The van der Waals surface area contributed by atoms with Gasteiger partial charge in [-0.25, -0.2) is 0 Å². The molecule has 0 amide bonds. The Morgan fingerprint density at radius 1 is 1.39 bits per heavy atom. The van der Waals surface area contributed by atoms with Crippen molar-refractivity contribution < 1.29 is 0 Å². The van der Waals surface area contributed by atoms with E-state index in [0.717, 1.165) is 24.5 Å². The molecule has 2 nitrogen and oxygen atoms in total. The van der Waals surface area contributed by atoms with Crippen LogP contribution < -0.4 is 5.32 Å². The Kier molecular flexibility index (Phi) is 5.17. The summed E-state index contributed by atoms with van der Waals surface area (Å²) in [5, 5.41) is 4.26. The molecular formula is C14H17ClN2S. The van der Waals surface area contributed by atoms with Gasteiger partial charge in [-0.1, -0.05) is 36.7 Å². The summed E-state index contributed by atoms with van der Waals surface area (Å²) in [6.45, 7) is 4.04. The monoisotopic (exact) mass is 280 g/mol. The van der Waals surface area contributed by atoms with Crippen LogP contribution >= 0.6 is 22.9 Å². The van der Waals surface area contributed by atoms with Gasteiger partial charge in [0.1, 0.15) is 0 Å². The lowest BCUT2D eigenvalue weighted by atomic mass is 9.95. The molecular weight excluding hydrogens is 264 g/mol. The molecule has 1 heterocycles. The van der Waals surface area contributed by atoms with Crippen molar-refractivity contribution >= 4 is 22.9 Å². The van der Waals surface area contributed by atoms with E-state index in [1.165, 1.54) is 10.4 Å². The van der Waals surface area contributed by atoms with Crippen LogP contribution in [0.4, 0.5) is 0 Å². The Bertz CT molecular complexity index is 470. The minimum atomic E-state index is 0.402. The molecule has 0 radical (unpaired) electrons. The van der Waals surface area contributed by atoms with Crippen LogP contribution in [0.3, 0.4) is 0 Å². The molecule has 0 saturated heterocycles. The number of aromatic nitrogens is 1. The van der Waals surface area contributed by atoms with Gasteiger partial charge in [-0.05, 0) is 24.6 Å². The van der Waals surface area contributed by atoms with Gasteiger partial charge in [-0.15, -0.1) is 11.3 Å². The molecule has 0 aliphatic carbocycles. The van der Waals surface area contributed by atoms with E-state index in [4.69, 9.17) is 11.6 Å². The maximum Gasteiger partial charge on any atom is 0.0794 e. The molecule has 1 unspecified atom stereocenters. The number of likely N-dealkylation sites (N-methyl/N-ethyl adjacent to an activating group) is 1. The number of thiazole rings is 1. The zero-order valence-electron chi connectivity index (χ0n) is 10.4. The van der Waals surface area contributed by atoms with E-state index in [0.29, 0.717) is 5.92 Å². The third-order valence-electron chi connectivity index (χ3n) is 2.92. The SMILES string of the molecule is CCNCC(Cc1cncs1)c1ccccc1Cl. The first-order valence-corrected chi connectivity index (χ1v) is 7.39. The molecule has 0 fully saturated rings. The Morgan fingerprint density at radius 2 is 2.22 bits per heavy atom. The van der Waals surface area contributed by atoms with E-state index < -0.39 is 0 Å². The molecule has 0 saturated carbocycles. The minimum Gasteiger partial charge on any atom is -0.316 e. The fourth-order valence-electron chi connectivity index (χ4n) is 2.00. The lowest BCUT2D eigenvalue weighted by molar-refractivity contribution is 0.598. The van der Waals surface area contributed by atoms with Crippen LogP contribution in [0.2, 0.25) is 5.02 Å². The normalized spacial score (nSPS) is 12.6. The zero-order chi connectivity index (χ0) is 12.8. The molecule has 0 aliphatic heterocycles. The molecule has 18 heavy (non-hydrogen) atoms. The average Bonchev–Trinajstić information content (AvgIpc) is 2.88. The highest BCUT2D eigenvalue weighted by Gasteiger charge is 2.15. The second kappa shape index (κ2) is 6.88. The lowest BCUT2D eigenvalue weighted by Gasteiger charge is -2.18. The molecule has 1 atom stereocenters. The van der Waals surface area contributed by atoms with Gasteiger partial charge in [-0.2, -0.15) is 0 Å². The fourth-order valence-corrected chi connectivity index (χ4v) is 2.97. The third-order valence-corrected chi connectivity index (χ3v) is 4.06. The van der Waals surface area contributed by atoms with Crippen LogP contribution in [0, 0.1) is 0 Å². The molecule has 2 rings (SSSR count). The van der Waals surface area contributed by atoms with Gasteiger partial charge in [0.05, 0.1) is 5.51 Å². The smallest absolute Gasteiger partial charge is 0.0794 e. The standard InChI is InChI=1S/C14H17ClN2S/c1-2-16-8-11(7-12-9-17-10-18-12)13-5-3-4-6-14(13)15/h3-6,9-11,16H,2,7-8H2,1H3. The maximum atomic E-state index is 6.30. The van der Waals surface area contributed by atoms with Crippen molar-refractivity contribution in [3.8, 4) is 0 Å². The lowest BCUT2D eigenvalue weighted by Crippen LogP contribution is -2.22. The Morgan fingerprint density at radius 3 is 2.89 bits per heavy atom. The Hall–Kier alpha value is -0.900. The van der Waals surface area contributed by atoms with E-state index in [9.17, 15) is 0 Å². The molecule has 1 N–H and O–H groups in total. The number of nitrogens with one attached hydrogen (secondary N) is 1. The molecule has 0 spiro atoms. The van der Waals surface area contributed by atoms with E-state index in [1.807, 2.05) is 29.9 Å². The first-order valence-electron chi connectivity index (χ1n) is 6.13. The van der Waals surface area contributed by atoms with Crippen molar-refractivity contribution in [1.82, 2.24) is 10.3 Å². The van der Waals surface area contributed by atoms with Crippen molar-refractivity contribution in [1.29, 1.82) is 0 Å². The number of benzene rings is 1. The molecule has 1 aromatic carbocycles. The number of hydrogen-bond acceptors (Lipinski definition) is 3. The summed E-state index contributed by atoms with van der Waals surface area (Å²) in [7, 11) is 0. The second-order valence-electron chi connectivity index (χ2n) is 4.20. The van der Waals surface area contributed by atoms with Crippen molar-refractivity contribution in [3.05, 3.63) is 51.4 Å². The van der Waals surface area contributed by atoms with Gasteiger partial charge < -0.3 is 5.32 Å². The maximum absolute atomic E-state index is 6.30. The molecule has 1 aromatic heterocycles. The Balaban J connectivity index is 2.16. The van der Waals surface area contributed by atoms with Crippen molar-refractivity contribution in [2.75, 3.05) is 13.1 Å². The third kappa shape index (κ3) is 3.55. The summed E-state index contributed by atoms with van der Waals surface area (Å²) < 4.78 is 0. The highest BCUT2D eigenvalue weighted by molar-refractivity contribution is 7.09. The predicted molar refractivity (Wildman–Crippen MR) is 78.6 cm³/mol. The summed E-state index contributed by atoms with van der Waals surface area (Å²) >= 11 is 8.00. The highest BCUT2D eigenvalue weighted by atomic mass is 35.5. The highest BCUT2D eigenvalue weighted by Crippen LogP contribution is 2.28. The molecule has 96 valence electrons. The van der Waals surface area contributed by atoms with E-state index >= 15 is 0 Å². The van der Waals surface area contributed by atoms with Crippen LogP contribution in [0.15, 0.2) is 36.0 Å². The van der Waals surface area contributed by atoms with Crippen molar-refractivity contribution in [2.45, 2.75) is 19.3 Å². The van der Waals surface area contributed by atoms with Crippen LogP contribution in [0.5, 0.6) is 0 Å². The number of nitrogens with zero attached hydrogens (tertiary/aromatic N) is 1. The molecule has 0 bridgehead atoms. The Labute approximate surface area is 117 Å². The average molecular weight is 281 g/mol. The first kappa shape index (κ1) is 13.5. The van der Waals surface area contributed by atoms with Crippen molar-refractivity contribution in [2.24, 2.45) is 0 Å². The number of hydrogen-bond donors (Lipinski definition) is 1. The van der Waals surface area contributed by atoms with E-state index in [-0.39, 0.29) is 0 Å². The molecule has 4 heteroatoms.